The number of aryl methyl sites for hydroxylation is 1. The first-order valence-electron chi connectivity index (χ1n) is 9.70. The molecule has 0 unspecified atom stereocenters. The zero-order valence-corrected chi connectivity index (χ0v) is 16.6. The molecule has 1 aliphatic heterocycles. The van der Waals surface area contributed by atoms with Crippen LogP contribution in [0.2, 0.25) is 0 Å². The lowest BCUT2D eigenvalue weighted by Crippen LogP contribution is -2.51. The number of hydrogen-bond donors (Lipinski definition) is 0. The molecule has 0 N–H and O–H groups in total. The van der Waals surface area contributed by atoms with Crippen molar-refractivity contribution in [2.75, 3.05) is 31.6 Å². The summed E-state index contributed by atoms with van der Waals surface area (Å²) in [5.41, 5.74) is 3.83. The van der Waals surface area contributed by atoms with E-state index in [1.165, 1.54) is 11.3 Å². The van der Waals surface area contributed by atoms with Gasteiger partial charge in [0.1, 0.15) is 11.3 Å². The van der Waals surface area contributed by atoms with E-state index in [0.29, 0.717) is 17.4 Å². The highest BCUT2D eigenvalue weighted by atomic mass is 16.5. The number of rotatable bonds is 4. The normalized spacial score (nSPS) is 17.8. The first-order valence-corrected chi connectivity index (χ1v) is 9.70. The van der Waals surface area contributed by atoms with Crippen LogP contribution in [0.4, 0.5) is 5.69 Å². The summed E-state index contributed by atoms with van der Waals surface area (Å²) < 4.78 is 10.6. The number of benzene rings is 2. The van der Waals surface area contributed by atoms with Crippen molar-refractivity contribution in [3.63, 3.8) is 0 Å². The Labute approximate surface area is 165 Å². The molecule has 4 rings (SSSR count). The maximum atomic E-state index is 12.0. The molecule has 1 aliphatic rings. The van der Waals surface area contributed by atoms with Crippen LogP contribution in [-0.4, -0.2) is 37.7 Å². The zero-order valence-electron chi connectivity index (χ0n) is 16.6. The fourth-order valence-electron chi connectivity index (χ4n) is 4.08. The van der Waals surface area contributed by atoms with E-state index in [1.807, 2.05) is 12.1 Å². The van der Waals surface area contributed by atoms with Crippen molar-refractivity contribution >= 4 is 16.7 Å². The van der Waals surface area contributed by atoms with E-state index in [2.05, 4.69) is 47.9 Å². The molecule has 2 heterocycles. The molecule has 28 heavy (non-hydrogen) atoms. The molecular weight excluding hydrogens is 352 g/mol. The predicted octanol–water partition coefficient (Wildman–Crippen LogP) is 3.82. The van der Waals surface area contributed by atoms with Gasteiger partial charge in [0.15, 0.2) is 0 Å². The van der Waals surface area contributed by atoms with Crippen molar-refractivity contribution in [1.82, 2.24) is 4.90 Å². The van der Waals surface area contributed by atoms with Crippen molar-refractivity contribution < 1.29 is 9.15 Å². The maximum Gasteiger partial charge on any atom is 0.336 e. The van der Waals surface area contributed by atoms with Crippen LogP contribution in [0.3, 0.4) is 0 Å². The highest BCUT2D eigenvalue weighted by Crippen LogP contribution is 2.26. The molecule has 1 atom stereocenters. The number of anilines is 1. The minimum Gasteiger partial charge on any atom is -0.497 e. The highest BCUT2D eigenvalue weighted by molar-refractivity contribution is 5.81. The van der Waals surface area contributed by atoms with Gasteiger partial charge < -0.3 is 14.1 Å². The van der Waals surface area contributed by atoms with Crippen LogP contribution in [0.1, 0.15) is 18.1 Å². The Balaban J connectivity index is 1.54. The van der Waals surface area contributed by atoms with E-state index in [1.54, 1.807) is 19.2 Å². The fraction of sp³-hybridized carbons (Fsp3) is 0.348. The molecule has 5 heteroatoms. The predicted molar refractivity (Wildman–Crippen MR) is 112 cm³/mol. The van der Waals surface area contributed by atoms with Gasteiger partial charge in [0.05, 0.1) is 7.11 Å². The minimum atomic E-state index is -0.317. The molecule has 1 fully saturated rings. The van der Waals surface area contributed by atoms with Crippen molar-refractivity contribution in [3.8, 4) is 5.75 Å². The lowest BCUT2D eigenvalue weighted by atomic mass is 10.1. The van der Waals surface area contributed by atoms with Gasteiger partial charge in [0.25, 0.3) is 0 Å². The highest BCUT2D eigenvalue weighted by Gasteiger charge is 2.24. The Morgan fingerprint density at radius 1 is 1.14 bits per heavy atom. The summed E-state index contributed by atoms with van der Waals surface area (Å²) in [5, 5.41) is 0.967. The Kier molecular flexibility index (Phi) is 5.09. The number of nitrogens with zero attached hydrogens (tertiary/aromatic N) is 2. The molecule has 0 amide bonds. The van der Waals surface area contributed by atoms with Crippen LogP contribution in [0.25, 0.3) is 11.0 Å². The van der Waals surface area contributed by atoms with Gasteiger partial charge in [-0.05, 0) is 49.2 Å². The smallest absolute Gasteiger partial charge is 0.336 e. The molecule has 5 nitrogen and oxygen atoms in total. The molecule has 0 aliphatic carbocycles. The molecule has 1 aromatic heterocycles. The molecular formula is C23H26N2O3. The number of fused-ring (bicyclic) bond motifs is 1. The second-order valence-electron chi connectivity index (χ2n) is 7.57. The van der Waals surface area contributed by atoms with Crippen molar-refractivity contribution in [1.29, 1.82) is 0 Å². The second-order valence-corrected chi connectivity index (χ2v) is 7.57. The number of methoxy groups -OCH3 is 1. The molecule has 0 spiro atoms. The van der Waals surface area contributed by atoms with Crippen molar-refractivity contribution in [2.45, 2.75) is 26.4 Å². The summed E-state index contributed by atoms with van der Waals surface area (Å²) in [6.07, 6.45) is 0. The van der Waals surface area contributed by atoms with Crippen LogP contribution < -0.4 is 15.3 Å². The summed E-state index contributed by atoms with van der Waals surface area (Å²) in [6.45, 7) is 8.00. The fourth-order valence-corrected chi connectivity index (χ4v) is 4.08. The molecule has 0 bridgehead atoms. The van der Waals surface area contributed by atoms with E-state index < -0.39 is 0 Å². The van der Waals surface area contributed by atoms with E-state index in [-0.39, 0.29) is 5.63 Å². The van der Waals surface area contributed by atoms with Crippen LogP contribution in [0, 0.1) is 6.92 Å². The molecule has 1 saturated heterocycles. The van der Waals surface area contributed by atoms with Crippen LogP contribution in [0.15, 0.2) is 57.7 Å². The minimum absolute atomic E-state index is 0.317. The summed E-state index contributed by atoms with van der Waals surface area (Å²) in [4.78, 5) is 16.9. The van der Waals surface area contributed by atoms with Gasteiger partial charge in [-0.15, -0.1) is 0 Å². The summed E-state index contributed by atoms with van der Waals surface area (Å²) >= 11 is 0. The lowest BCUT2D eigenvalue weighted by molar-refractivity contribution is 0.221. The molecule has 3 aromatic rings. The van der Waals surface area contributed by atoms with Gasteiger partial charge in [-0.25, -0.2) is 4.79 Å². The third-order valence-corrected chi connectivity index (χ3v) is 5.48. The van der Waals surface area contributed by atoms with Crippen molar-refractivity contribution in [3.05, 3.63) is 70.1 Å². The van der Waals surface area contributed by atoms with Gasteiger partial charge in [-0.1, -0.05) is 12.1 Å². The zero-order chi connectivity index (χ0) is 19.7. The van der Waals surface area contributed by atoms with Gasteiger partial charge in [0.2, 0.25) is 0 Å². The average Bonchev–Trinajstić information content (AvgIpc) is 2.67. The molecule has 2 aromatic carbocycles. The van der Waals surface area contributed by atoms with Gasteiger partial charge >= 0.3 is 5.63 Å². The number of piperazine rings is 1. The lowest BCUT2D eigenvalue weighted by Gasteiger charge is -2.41. The molecule has 0 radical (unpaired) electrons. The SMILES string of the molecule is COc1ccc2c(CN3CCN(c4cccc(C)c4)[C@@H](C)C3)cc(=O)oc2c1. The van der Waals surface area contributed by atoms with Gasteiger partial charge in [0, 0.05) is 55.4 Å². The Morgan fingerprint density at radius 2 is 2.00 bits per heavy atom. The summed E-state index contributed by atoms with van der Waals surface area (Å²) in [6, 6.07) is 16.4. The van der Waals surface area contributed by atoms with Gasteiger partial charge in [-0.3, -0.25) is 4.90 Å². The van der Waals surface area contributed by atoms with Crippen LogP contribution in [0.5, 0.6) is 5.75 Å². The quantitative estimate of drug-likeness (QED) is 0.646. The van der Waals surface area contributed by atoms with Crippen LogP contribution in [-0.2, 0) is 6.54 Å². The standard InChI is InChI=1S/C23H26N2O3/c1-16-5-4-6-19(11-16)25-10-9-24(14-17(25)2)15-18-12-23(26)28-22-13-20(27-3)7-8-21(18)22/h4-8,11-13,17H,9-10,14-15H2,1-3H3/t17-/m0/s1. The monoisotopic (exact) mass is 378 g/mol. The maximum absolute atomic E-state index is 12.0. The summed E-state index contributed by atoms with van der Waals surface area (Å²) in [7, 11) is 1.61. The molecule has 146 valence electrons. The van der Waals surface area contributed by atoms with E-state index in [4.69, 9.17) is 9.15 Å². The Morgan fingerprint density at radius 3 is 2.75 bits per heavy atom. The number of hydrogen-bond acceptors (Lipinski definition) is 5. The second kappa shape index (κ2) is 7.68. The first-order chi connectivity index (χ1) is 13.5. The van der Waals surface area contributed by atoms with E-state index in [0.717, 1.165) is 37.1 Å². The van der Waals surface area contributed by atoms with Crippen molar-refractivity contribution in [2.24, 2.45) is 0 Å². The summed E-state index contributed by atoms with van der Waals surface area (Å²) in [5.74, 6) is 0.688. The van der Waals surface area contributed by atoms with Gasteiger partial charge in [-0.2, -0.15) is 0 Å². The third-order valence-electron chi connectivity index (χ3n) is 5.48. The third kappa shape index (κ3) is 3.76. The molecule has 0 saturated carbocycles. The van der Waals surface area contributed by atoms with E-state index in [9.17, 15) is 4.79 Å². The van der Waals surface area contributed by atoms with Crippen LogP contribution >= 0.6 is 0 Å². The topological polar surface area (TPSA) is 45.9 Å². The Hall–Kier alpha value is -2.79. The van der Waals surface area contributed by atoms with E-state index >= 15 is 0 Å². The average molecular weight is 378 g/mol. The Bertz CT molecular complexity index is 1040. The largest absolute Gasteiger partial charge is 0.497 e. The number of ether oxygens (including phenoxy) is 1. The first kappa shape index (κ1) is 18.6.